The predicted octanol–water partition coefficient (Wildman–Crippen LogP) is 2.28. The van der Waals surface area contributed by atoms with Crippen molar-refractivity contribution in [2.45, 2.75) is 11.3 Å². The van der Waals surface area contributed by atoms with Crippen LogP contribution < -0.4 is 14.4 Å². The molecule has 2 aromatic carbocycles. The number of hydroxylamine groups is 2. The Labute approximate surface area is 188 Å². The molecule has 0 spiro atoms. The fourth-order valence-corrected chi connectivity index (χ4v) is 6.40. The van der Waals surface area contributed by atoms with Gasteiger partial charge in [-0.3, -0.25) is 4.84 Å². The molecule has 0 amide bonds. The van der Waals surface area contributed by atoms with Gasteiger partial charge >= 0.3 is 0 Å². The van der Waals surface area contributed by atoms with E-state index in [0.717, 1.165) is 0 Å². The van der Waals surface area contributed by atoms with E-state index in [1.165, 1.54) is 17.5 Å². The number of halogens is 1. The lowest BCUT2D eigenvalue weighted by Crippen LogP contribution is -2.52. The molecule has 32 heavy (non-hydrogen) atoms. The fourth-order valence-electron chi connectivity index (χ4n) is 4.47. The molecule has 0 unspecified atom stereocenters. The Morgan fingerprint density at radius 2 is 1.72 bits per heavy atom. The minimum absolute atomic E-state index is 0.0391. The SMILES string of the molecule is COc1cccc([C@@H]2[C@H](S(=O)(=O)N3CCN(c4ccccc4F)CC3)CON2C)c1OC. The second-order valence-corrected chi connectivity index (χ2v) is 9.94. The highest BCUT2D eigenvalue weighted by Crippen LogP contribution is 2.43. The molecule has 174 valence electrons. The first-order chi connectivity index (χ1) is 15.4. The van der Waals surface area contributed by atoms with Gasteiger partial charge < -0.3 is 14.4 Å². The van der Waals surface area contributed by atoms with E-state index in [1.54, 1.807) is 49.6 Å². The largest absolute Gasteiger partial charge is 0.493 e. The molecule has 2 heterocycles. The Kier molecular flexibility index (Phi) is 6.57. The van der Waals surface area contributed by atoms with Crippen LogP contribution in [0.2, 0.25) is 0 Å². The first-order valence-electron chi connectivity index (χ1n) is 10.4. The molecule has 2 saturated heterocycles. The van der Waals surface area contributed by atoms with Gasteiger partial charge in [0, 0.05) is 38.8 Å². The topological polar surface area (TPSA) is 71.6 Å². The molecule has 2 atom stereocenters. The van der Waals surface area contributed by atoms with Crippen molar-refractivity contribution < 1.29 is 27.1 Å². The summed E-state index contributed by atoms with van der Waals surface area (Å²) >= 11 is 0. The number of rotatable bonds is 6. The number of methoxy groups -OCH3 is 2. The Hall–Kier alpha value is -2.40. The molecular formula is C22H28FN3O5S. The first kappa shape index (κ1) is 22.8. The number of piperazine rings is 1. The molecule has 0 N–H and O–H groups in total. The number of para-hydroxylation sites is 2. The van der Waals surface area contributed by atoms with E-state index >= 15 is 0 Å². The molecule has 2 aliphatic heterocycles. The molecular weight excluding hydrogens is 437 g/mol. The smallest absolute Gasteiger partial charge is 0.221 e. The third-order valence-electron chi connectivity index (χ3n) is 6.11. The Morgan fingerprint density at radius 3 is 2.38 bits per heavy atom. The second kappa shape index (κ2) is 9.22. The number of anilines is 1. The number of benzene rings is 2. The van der Waals surface area contributed by atoms with Crippen LogP contribution in [-0.4, -0.2) is 77.1 Å². The molecule has 2 aromatic rings. The Balaban J connectivity index is 1.57. The van der Waals surface area contributed by atoms with Crippen molar-refractivity contribution in [2.75, 3.05) is 59.0 Å². The molecule has 0 aliphatic carbocycles. The third kappa shape index (κ3) is 4.03. The first-order valence-corrected chi connectivity index (χ1v) is 11.9. The minimum atomic E-state index is -3.70. The van der Waals surface area contributed by atoms with E-state index in [2.05, 4.69) is 0 Å². The fraction of sp³-hybridized carbons (Fsp3) is 0.455. The van der Waals surface area contributed by atoms with Crippen molar-refractivity contribution >= 4 is 15.7 Å². The van der Waals surface area contributed by atoms with Crippen LogP contribution in [0.4, 0.5) is 10.1 Å². The molecule has 2 aliphatic rings. The van der Waals surface area contributed by atoms with Gasteiger partial charge in [0.1, 0.15) is 11.1 Å². The van der Waals surface area contributed by atoms with Gasteiger partial charge in [0.05, 0.1) is 32.6 Å². The van der Waals surface area contributed by atoms with Crippen molar-refractivity contribution in [3.8, 4) is 11.5 Å². The van der Waals surface area contributed by atoms with Crippen LogP contribution >= 0.6 is 0 Å². The average molecular weight is 466 g/mol. The number of ether oxygens (including phenoxy) is 2. The summed E-state index contributed by atoms with van der Waals surface area (Å²) in [5, 5.41) is 0.753. The monoisotopic (exact) mass is 465 g/mol. The van der Waals surface area contributed by atoms with Crippen molar-refractivity contribution in [3.05, 3.63) is 53.8 Å². The number of sulfonamides is 1. The molecule has 10 heteroatoms. The summed E-state index contributed by atoms with van der Waals surface area (Å²) in [6.45, 7) is 1.42. The highest BCUT2D eigenvalue weighted by molar-refractivity contribution is 7.89. The van der Waals surface area contributed by atoms with Crippen LogP contribution in [0, 0.1) is 5.82 Å². The van der Waals surface area contributed by atoms with Gasteiger partial charge in [0.15, 0.2) is 11.5 Å². The highest BCUT2D eigenvalue weighted by atomic mass is 32.2. The summed E-state index contributed by atoms with van der Waals surface area (Å²) in [5.74, 6) is 0.710. The van der Waals surface area contributed by atoms with E-state index in [-0.39, 0.29) is 25.5 Å². The van der Waals surface area contributed by atoms with E-state index in [4.69, 9.17) is 14.3 Å². The lowest BCUT2D eigenvalue weighted by Gasteiger charge is -2.37. The van der Waals surface area contributed by atoms with Gasteiger partial charge in [-0.25, -0.2) is 12.8 Å². The van der Waals surface area contributed by atoms with Crippen LogP contribution in [0.15, 0.2) is 42.5 Å². The maximum atomic E-state index is 14.1. The molecule has 0 bridgehead atoms. The van der Waals surface area contributed by atoms with Crippen LogP contribution in [0.3, 0.4) is 0 Å². The van der Waals surface area contributed by atoms with Crippen LogP contribution in [0.1, 0.15) is 11.6 Å². The number of hydrogen-bond donors (Lipinski definition) is 0. The predicted molar refractivity (Wildman–Crippen MR) is 119 cm³/mol. The quantitative estimate of drug-likeness (QED) is 0.648. The van der Waals surface area contributed by atoms with Crippen LogP contribution in [-0.2, 0) is 14.9 Å². The summed E-state index contributed by atoms with van der Waals surface area (Å²) in [4.78, 5) is 7.54. The zero-order chi connectivity index (χ0) is 22.9. The zero-order valence-corrected chi connectivity index (χ0v) is 19.2. The summed E-state index contributed by atoms with van der Waals surface area (Å²) in [6, 6.07) is 11.4. The van der Waals surface area contributed by atoms with Crippen LogP contribution in [0.5, 0.6) is 11.5 Å². The van der Waals surface area contributed by atoms with Gasteiger partial charge in [0.25, 0.3) is 0 Å². The average Bonchev–Trinajstić information content (AvgIpc) is 3.20. The Morgan fingerprint density at radius 1 is 1.00 bits per heavy atom. The van der Waals surface area contributed by atoms with E-state index in [1.807, 2.05) is 11.0 Å². The maximum absolute atomic E-state index is 14.1. The lowest BCUT2D eigenvalue weighted by molar-refractivity contribution is -0.110. The van der Waals surface area contributed by atoms with Crippen molar-refractivity contribution in [1.82, 2.24) is 9.37 Å². The molecule has 0 saturated carbocycles. The van der Waals surface area contributed by atoms with Crippen molar-refractivity contribution in [2.24, 2.45) is 0 Å². The lowest BCUT2D eigenvalue weighted by atomic mass is 10.0. The number of hydrogen-bond acceptors (Lipinski definition) is 7. The summed E-state index contributed by atoms with van der Waals surface area (Å²) < 4.78 is 53.8. The molecule has 0 radical (unpaired) electrons. The van der Waals surface area contributed by atoms with Crippen LogP contribution in [0.25, 0.3) is 0 Å². The summed E-state index contributed by atoms with van der Waals surface area (Å²) in [7, 11) is 1.09. The van der Waals surface area contributed by atoms with Gasteiger partial charge in [-0.15, -0.1) is 0 Å². The summed E-state index contributed by atoms with van der Waals surface area (Å²) in [5.41, 5.74) is 1.18. The minimum Gasteiger partial charge on any atom is -0.493 e. The van der Waals surface area contributed by atoms with E-state index in [0.29, 0.717) is 35.8 Å². The van der Waals surface area contributed by atoms with E-state index < -0.39 is 21.3 Å². The molecule has 8 nitrogen and oxygen atoms in total. The number of nitrogens with zero attached hydrogens (tertiary/aromatic N) is 3. The normalized spacial score (nSPS) is 22.8. The van der Waals surface area contributed by atoms with E-state index in [9.17, 15) is 12.8 Å². The zero-order valence-electron chi connectivity index (χ0n) is 18.4. The molecule has 4 rings (SSSR count). The standard InChI is InChI=1S/C22H28FN3O5S/c1-24-21(16-7-6-10-19(29-2)22(16)30-3)20(15-31-24)32(27,28)26-13-11-25(12-14-26)18-9-5-4-8-17(18)23/h4-10,20-21H,11-15H2,1-3H3/t20-,21-/m1/s1. The van der Waals surface area contributed by atoms with Crippen molar-refractivity contribution in [3.63, 3.8) is 0 Å². The Bertz CT molecular complexity index is 1060. The molecule has 0 aromatic heterocycles. The van der Waals surface area contributed by atoms with Gasteiger partial charge in [-0.1, -0.05) is 24.3 Å². The summed E-state index contributed by atoms with van der Waals surface area (Å²) in [6.07, 6.45) is 0. The van der Waals surface area contributed by atoms with Gasteiger partial charge in [-0.05, 0) is 18.2 Å². The second-order valence-electron chi connectivity index (χ2n) is 7.79. The highest BCUT2D eigenvalue weighted by Gasteiger charge is 2.47. The van der Waals surface area contributed by atoms with Gasteiger partial charge in [0.2, 0.25) is 10.0 Å². The van der Waals surface area contributed by atoms with Crippen molar-refractivity contribution in [1.29, 1.82) is 0 Å². The third-order valence-corrected chi connectivity index (χ3v) is 8.36. The maximum Gasteiger partial charge on any atom is 0.221 e. The molecule has 2 fully saturated rings. The van der Waals surface area contributed by atoms with Gasteiger partial charge in [-0.2, -0.15) is 9.37 Å².